The predicted octanol–water partition coefficient (Wildman–Crippen LogP) is 1.92. The summed E-state index contributed by atoms with van der Waals surface area (Å²) in [6.07, 6.45) is 4.34. The molecule has 1 atom stereocenters. The molecule has 0 radical (unpaired) electrons. The Kier molecular flexibility index (Phi) is 3.18. The van der Waals surface area contributed by atoms with Crippen LogP contribution in [0.5, 0.6) is 0 Å². The fraction of sp³-hybridized carbons (Fsp3) is 0.333. The number of hydrogen-bond acceptors (Lipinski definition) is 3. The summed E-state index contributed by atoms with van der Waals surface area (Å²) >= 11 is 0. The van der Waals surface area contributed by atoms with Crippen LogP contribution in [-0.4, -0.2) is 26.9 Å². The molecule has 5 nitrogen and oxygen atoms in total. The van der Waals surface area contributed by atoms with Crippen molar-refractivity contribution in [3.05, 3.63) is 47.8 Å². The molecule has 5 heteroatoms. The van der Waals surface area contributed by atoms with E-state index in [4.69, 9.17) is 0 Å². The van der Waals surface area contributed by atoms with Gasteiger partial charge >= 0.3 is 5.97 Å². The summed E-state index contributed by atoms with van der Waals surface area (Å²) in [5.74, 6) is -0.774. The van der Waals surface area contributed by atoms with E-state index in [9.17, 15) is 9.90 Å². The summed E-state index contributed by atoms with van der Waals surface area (Å²) in [4.78, 5) is 13.4. The predicted molar refractivity (Wildman–Crippen MR) is 75.7 cm³/mol. The topological polar surface area (TPSA) is 58.4 Å². The molecule has 0 saturated heterocycles. The average Bonchev–Trinajstić information content (AvgIpc) is 3.04. The van der Waals surface area contributed by atoms with Gasteiger partial charge in [0, 0.05) is 37.0 Å². The summed E-state index contributed by atoms with van der Waals surface area (Å²) in [7, 11) is 0. The van der Waals surface area contributed by atoms with Crippen molar-refractivity contribution >= 4 is 11.7 Å². The van der Waals surface area contributed by atoms with Crippen LogP contribution in [0.1, 0.15) is 18.1 Å². The maximum absolute atomic E-state index is 11.5. The van der Waals surface area contributed by atoms with Crippen molar-refractivity contribution in [3.63, 3.8) is 0 Å². The molecule has 1 aliphatic rings. The lowest BCUT2D eigenvalue weighted by Crippen LogP contribution is -2.38. The van der Waals surface area contributed by atoms with Gasteiger partial charge in [-0.2, -0.15) is 5.10 Å². The first-order valence-corrected chi connectivity index (χ1v) is 6.77. The van der Waals surface area contributed by atoms with Gasteiger partial charge in [0.2, 0.25) is 0 Å². The normalized spacial score (nSPS) is 17.2. The highest BCUT2D eigenvalue weighted by Gasteiger charge is 2.34. The number of carboxylic acid groups (broad SMARTS) is 1. The number of rotatable bonds is 4. The third-order valence-corrected chi connectivity index (χ3v) is 3.74. The Hall–Kier alpha value is -2.30. The first-order valence-electron chi connectivity index (χ1n) is 6.77. The summed E-state index contributed by atoms with van der Waals surface area (Å²) in [5, 5.41) is 13.7. The van der Waals surface area contributed by atoms with Crippen LogP contribution in [0.3, 0.4) is 0 Å². The van der Waals surface area contributed by atoms with Gasteiger partial charge in [0.15, 0.2) is 0 Å². The summed E-state index contributed by atoms with van der Waals surface area (Å²) in [6, 6.07) is 7.41. The van der Waals surface area contributed by atoms with Gasteiger partial charge in [0.1, 0.15) is 6.04 Å². The van der Waals surface area contributed by atoms with Crippen molar-refractivity contribution in [3.8, 4) is 0 Å². The molecule has 3 rings (SSSR count). The second kappa shape index (κ2) is 5.00. The Balaban J connectivity index is 1.90. The van der Waals surface area contributed by atoms with Crippen LogP contribution in [0.25, 0.3) is 0 Å². The number of anilines is 1. The molecular formula is C15H17N3O2. The van der Waals surface area contributed by atoms with Gasteiger partial charge in [0.05, 0.1) is 6.20 Å². The number of para-hydroxylation sites is 1. The Bertz CT molecular complexity index is 636. The molecule has 0 bridgehead atoms. The number of nitrogens with zero attached hydrogens (tertiary/aromatic N) is 3. The molecule has 104 valence electrons. The molecule has 1 N–H and O–H groups in total. The second-order valence-corrected chi connectivity index (χ2v) is 5.02. The van der Waals surface area contributed by atoms with E-state index >= 15 is 0 Å². The standard InChI is InChI=1S/C15H17N3O2/c1-2-17-9-11(8-16-17)10-18-13-6-4-3-5-12(13)7-14(18)15(19)20/h3-6,8-9,14H,2,7,10H2,1H3,(H,19,20). The first kappa shape index (κ1) is 12.7. The maximum atomic E-state index is 11.5. The lowest BCUT2D eigenvalue weighted by molar-refractivity contribution is -0.138. The molecule has 1 unspecified atom stereocenters. The zero-order valence-electron chi connectivity index (χ0n) is 11.4. The minimum absolute atomic E-state index is 0.489. The van der Waals surface area contributed by atoms with Gasteiger partial charge in [-0.05, 0) is 18.6 Å². The van der Waals surface area contributed by atoms with Crippen molar-refractivity contribution in [2.45, 2.75) is 32.5 Å². The van der Waals surface area contributed by atoms with Gasteiger partial charge in [-0.1, -0.05) is 18.2 Å². The van der Waals surface area contributed by atoms with Crippen LogP contribution in [0.15, 0.2) is 36.7 Å². The fourth-order valence-corrected chi connectivity index (χ4v) is 2.72. The van der Waals surface area contributed by atoms with E-state index in [-0.39, 0.29) is 0 Å². The lowest BCUT2D eigenvalue weighted by Gasteiger charge is -2.24. The molecule has 0 aliphatic carbocycles. The minimum Gasteiger partial charge on any atom is -0.480 e. The summed E-state index contributed by atoms with van der Waals surface area (Å²) in [5.41, 5.74) is 3.15. The number of carboxylic acids is 1. The van der Waals surface area contributed by atoms with Gasteiger partial charge < -0.3 is 10.0 Å². The monoisotopic (exact) mass is 271 g/mol. The van der Waals surface area contributed by atoms with Crippen molar-refractivity contribution in [1.29, 1.82) is 0 Å². The number of carbonyl (C=O) groups is 1. The molecular weight excluding hydrogens is 254 g/mol. The molecule has 1 aromatic heterocycles. The third-order valence-electron chi connectivity index (χ3n) is 3.74. The molecule has 2 aromatic rings. The fourth-order valence-electron chi connectivity index (χ4n) is 2.72. The molecule has 2 heterocycles. The van der Waals surface area contributed by atoms with E-state index in [1.807, 2.05) is 53.2 Å². The van der Waals surface area contributed by atoms with Crippen LogP contribution < -0.4 is 4.90 Å². The van der Waals surface area contributed by atoms with Crippen molar-refractivity contribution in [2.24, 2.45) is 0 Å². The Morgan fingerprint density at radius 1 is 1.45 bits per heavy atom. The Morgan fingerprint density at radius 2 is 2.25 bits per heavy atom. The van der Waals surface area contributed by atoms with Crippen LogP contribution >= 0.6 is 0 Å². The number of aliphatic carboxylic acids is 1. The lowest BCUT2D eigenvalue weighted by atomic mass is 10.1. The molecule has 1 aliphatic heterocycles. The van der Waals surface area contributed by atoms with E-state index in [2.05, 4.69) is 5.10 Å². The highest BCUT2D eigenvalue weighted by Crippen LogP contribution is 2.33. The smallest absolute Gasteiger partial charge is 0.326 e. The van der Waals surface area contributed by atoms with Crippen LogP contribution in [0.2, 0.25) is 0 Å². The Labute approximate surface area is 117 Å². The Morgan fingerprint density at radius 3 is 2.95 bits per heavy atom. The molecule has 1 aromatic carbocycles. The maximum Gasteiger partial charge on any atom is 0.326 e. The quantitative estimate of drug-likeness (QED) is 0.923. The van der Waals surface area contributed by atoms with Crippen LogP contribution in [0, 0.1) is 0 Å². The van der Waals surface area contributed by atoms with Crippen molar-refractivity contribution in [2.75, 3.05) is 4.90 Å². The van der Waals surface area contributed by atoms with Gasteiger partial charge in [-0.3, -0.25) is 4.68 Å². The SMILES string of the molecule is CCn1cc(CN2c3ccccc3CC2C(=O)O)cn1. The number of benzene rings is 1. The van der Waals surface area contributed by atoms with E-state index in [0.29, 0.717) is 13.0 Å². The number of fused-ring (bicyclic) bond motifs is 1. The van der Waals surface area contributed by atoms with Gasteiger partial charge in [0.25, 0.3) is 0 Å². The zero-order valence-corrected chi connectivity index (χ0v) is 11.4. The second-order valence-electron chi connectivity index (χ2n) is 5.02. The van der Waals surface area contributed by atoms with E-state index in [1.165, 1.54) is 0 Å². The molecule has 20 heavy (non-hydrogen) atoms. The number of hydrogen-bond donors (Lipinski definition) is 1. The largest absolute Gasteiger partial charge is 0.480 e. The molecule has 0 fully saturated rings. The third kappa shape index (κ3) is 2.15. The molecule has 0 amide bonds. The zero-order chi connectivity index (χ0) is 14.1. The average molecular weight is 271 g/mol. The summed E-state index contributed by atoms with van der Waals surface area (Å²) < 4.78 is 1.85. The van der Waals surface area contributed by atoms with Crippen molar-refractivity contribution in [1.82, 2.24) is 9.78 Å². The number of aryl methyl sites for hydroxylation is 1. The van der Waals surface area contributed by atoms with Crippen LogP contribution in [0.4, 0.5) is 5.69 Å². The van der Waals surface area contributed by atoms with E-state index in [1.54, 1.807) is 0 Å². The highest BCUT2D eigenvalue weighted by atomic mass is 16.4. The van der Waals surface area contributed by atoms with Gasteiger partial charge in [-0.15, -0.1) is 0 Å². The molecule has 0 saturated carbocycles. The van der Waals surface area contributed by atoms with E-state index in [0.717, 1.165) is 23.4 Å². The minimum atomic E-state index is -0.774. The highest BCUT2D eigenvalue weighted by molar-refractivity contribution is 5.82. The van der Waals surface area contributed by atoms with Gasteiger partial charge in [-0.25, -0.2) is 4.79 Å². The van der Waals surface area contributed by atoms with Crippen LogP contribution in [-0.2, 0) is 24.3 Å². The first-order chi connectivity index (χ1) is 9.69. The molecule has 0 spiro atoms. The summed E-state index contributed by atoms with van der Waals surface area (Å²) in [6.45, 7) is 3.43. The number of aromatic nitrogens is 2. The van der Waals surface area contributed by atoms with E-state index < -0.39 is 12.0 Å². The van der Waals surface area contributed by atoms with Crippen molar-refractivity contribution < 1.29 is 9.90 Å².